The SMILES string of the molecule is CCN(Cc1ccncc1)c1nc(C(C)=O)cs1. The van der Waals surface area contributed by atoms with Gasteiger partial charge < -0.3 is 4.90 Å². The van der Waals surface area contributed by atoms with Crippen molar-refractivity contribution in [2.24, 2.45) is 0 Å². The van der Waals surface area contributed by atoms with Gasteiger partial charge in [-0.1, -0.05) is 0 Å². The zero-order chi connectivity index (χ0) is 13.0. The van der Waals surface area contributed by atoms with E-state index in [9.17, 15) is 4.79 Å². The number of hydrogen-bond donors (Lipinski definition) is 0. The molecule has 2 aromatic heterocycles. The molecule has 0 aliphatic heterocycles. The molecule has 0 bridgehead atoms. The highest BCUT2D eigenvalue weighted by molar-refractivity contribution is 7.13. The Labute approximate surface area is 110 Å². The fraction of sp³-hybridized carbons (Fsp3) is 0.308. The van der Waals surface area contributed by atoms with E-state index in [0.717, 1.165) is 18.2 Å². The molecule has 2 aromatic rings. The summed E-state index contributed by atoms with van der Waals surface area (Å²) in [5.74, 6) is 0.0115. The van der Waals surface area contributed by atoms with E-state index in [0.29, 0.717) is 5.69 Å². The average molecular weight is 261 g/mol. The second kappa shape index (κ2) is 5.73. The summed E-state index contributed by atoms with van der Waals surface area (Å²) < 4.78 is 0. The lowest BCUT2D eigenvalue weighted by molar-refractivity contribution is 0.101. The number of rotatable bonds is 5. The molecule has 2 rings (SSSR count). The lowest BCUT2D eigenvalue weighted by Gasteiger charge is -2.19. The van der Waals surface area contributed by atoms with Gasteiger partial charge in [-0.05, 0) is 24.6 Å². The minimum absolute atomic E-state index is 0.0115. The first kappa shape index (κ1) is 12.7. The molecule has 0 N–H and O–H groups in total. The van der Waals surface area contributed by atoms with Crippen molar-refractivity contribution in [3.63, 3.8) is 0 Å². The van der Waals surface area contributed by atoms with Gasteiger partial charge in [-0.15, -0.1) is 11.3 Å². The molecule has 0 aliphatic rings. The van der Waals surface area contributed by atoms with E-state index >= 15 is 0 Å². The fourth-order valence-electron chi connectivity index (χ4n) is 1.59. The summed E-state index contributed by atoms with van der Waals surface area (Å²) in [6.45, 7) is 5.26. The lowest BCUT2D eigenvalue weighted by atomic mass is 10.2. The van der Waals surface area contributed by atoms with Crippen LogP contribution in [-0.2, 0) is 6.54 Å². The smallest absolute Gasteiger partial charge is 0.186 e. The zero-order valence-corrected chi connectivity index (χ0v) is 11.3. The molecule has 0 amide bonds. The second-order valence-corrected chi connectivity index (χ2v) is 4.78. The highest BCUT2D eigenvalue weighted by Gasteiger charge is 2.12. The molecule has 0 aliphatic carbocycles. The number of ketones is 1. The van der Waals surface area contributed by atoms with Gasteiger partial charge in [0.15, 0.2) is 10.9 Å². The van der Waals surface area contributed by atoms with Crippen LogP contribution >= 0.6 is 11.3 Å². The Morgan fingerprint density at radius 1 is 1.39 bits per heavy atom. The normalized spacial score (nSPS) is 10.3. The standard InChI is InChI=1S/C13H15N3OS/c1-3-16(8-11-4-6-14-7-5-11)13-15-12(9-18-13)10(2)17/h4-7,9H,3,8H2,1-2H3. The first-order chi connectivity index (χ1) is 8.70. The van der Waals surface area contributed by atoms with Crippen LogP contribution in [0.25, 0.3) is 0 Å². The number of anilines is 1. The van der Waals surface area contributed by atoms with Crippen LogP contribution in [0.1, 0.15) is 29.9 Å². The predicted octanol–water partition coefficient (Wildman–Crippen LogP) is 2.77. The first-order valence-electron chi connectivity index (χ1n) is 5.81. The Kier molecular flexibility index (Phi) is 4.04. The Bertz CT molecular complexity index is 524. The number of carbonyl (C=O) groups is 1. The van der Waals surface area contributed by atoms with Crippen LogP contribution in [0.4, 0.5) is 5.13 Å². The highest BCUT2D eigenvalue weighted by atomic mass is 32.1. The molecular weight excluding hydrogens is 246 g/mol. The third-order valence-corrected chi connectivity index (χ3v) is 3.53. The molecule has 0 fully saturated rings. The van der Waals surface area contributed by atoms with Crippen LogP contribution in [0.3, 0.4) is 0 Å². The van der Waals surface area contributed by atoms with Crippen LogP contribution in [-0.4, -0.2) is 22.3 Å². The van der Waals surface area contributed by atoms with Crippen LogP contribution in [0, 0.1) is 0 Å². The van der Waals surface area contributed by atoms with Crippen LogP contribution in [0.2, 0.25) is 0 Å². The van der Waals surface area contributed by atoms with Crippen LogP contribution in [0.15, 0.2) is 29.9 Å². The van der Waals surface area contributed by atoms with Gasteiger partial charge in [0.1, 0.15) is 5.69 Å². The van der Waals surface area contributed by atoms with Crippen molar-refractivity contribution in [2.75, 3.05) is 11.4 Å². The van der Waals surface area contributed by atoms with E-state index in [4.69, 9.17) is 0 Å². The maximum atomic E-state index is 11.2. The van der Waals surface area contributed by atoms with Gasteiger partial charge in [0.25, 0.3) is 0 Å². The summed E-state index contributed by atoms with van der Waals surface area (Å²) in [5, 5.41) is 2.70. The maximum absolute atomic E-state index is 11.2. The topological polar surface area (TPSA) is 46.1 Å². The van der Waals surface area contributed by atoms with E-state index in [2.05, 4.69) is 21.8 Å². The number of Topliss-reactive ketones (excluding diaryl/α,β-unsaturated/α-hetero) is 1. The van der Waals surface area contributed by atoms with Crippen molar-refractivity contribution in [3.05, 3.63) is 41.2 Å². The molecule has 94 valence electrons. The zero-order valence-electron chi connectivity index (χ0n) is 10.5. The number of pyridine rings is 1. The van der Waals surface area contributed by atoms with E-state index in [1.54, 1.807) is 12.4 Å². The molecule has 4 nitrogen and oxygen atoms in total. The van der Waals surface area contributed by atoms with Gasteiger partial charge in [0.2, 0.25) is 0 Å². The summed E-state index contributed by atoms with van der Waals surface area (Å²) in [6.07, 6.45) is 3.57. The summed E-state index contributed by atoms with van der Waals surface area (Å²) in [7, 11) is 0. The van der Waals surface area contributed by atoms with Gasteiger partial charge in [-0.3, -0.25) is 9.78 Å². The molecule has 18 heavy (non-hydrogen) atoms. The second-order valence-electron chi connectivity index (χ2n) is 3.94. The van der Waals surface area contributed by atoms with Gasteiger partial charge >= 0.3 is 0 Å². The molecule has 2 heterocycles. The third kappa shape index (κ3) is 2.92. The Morgan fingerprint density at radius 3 is 2.67 bits per heavy atom. The van der Waals surface area contributed by atoms with Crippen molar-refractivity contribution in [1.29, 1.82) is 0 Å². The molecule has 0 spiro atoms. The van der Waals surface area contributed by atoms with Crippen molar-refractivity contribution in [3.8, 4) is 0 Å². The number of carbonyl (C=O) groups excluding carboxylic acids is 1. The summed E-state index contributed by atoms with van der Waals surface area (Å²) in [6, 6.07) is 3.98. The third-order valence-electron chi connectivity index (χ3n) is 2.63. The monoisotopic (exact) mass is 261 g/mol. The van der Waals surface area contributed by atoms with Crippen molar-refractivity contribution >= 4 is 22.3 Å². The van der Waals surface area contributed by atoms with E-state index < -0.39 is 0 Å². The van der Waals surface area contributed by atoms with Crippen molar-refractivity contribution < 1.29 is 4.79 Å². The van der Waals surface area contributed by atoms with Gasteiger partial charge in [0.05, 0.1) is 0 Å². The van der Waals surface area contributed by atoms with E-state index in [1.165, 1.54) is 23.8 Å². The maximum Gasteiger partial charge on any atom is 0.186 e. The van der Waals surface area contributed by atoms with E-state index in [-0.39, 0.29) is 5.78 Å². The largest absolute Gasteiger partial charge is 0.344 e. The molecule has 0 saturated carbocycles. The summed E-state index contributed by atoms with van der Waals surface area (Å²) >= 11 is 1.51. The molecule has 0 saturated heterocycles. The lowest BCUT2D eigenvalue weighted by Crippen LogP contribution is -2.21. The van der Waals surface area contributed by atoms with Crippen molar-refractivity contribution in [1.82, 2.24) is 9.97 Å². The van der Waals surface area contributed by atoms with Crippen LogP contribution < -0.4 is 4.90 Å². The van der Waals surface area contributed by atoms with Crippen molar-refractivity contribution in [2.45, 2.75) is 20.4 Å². The summed E-state index contributed by atoms with van der Waals surface area (Å²) in [4.78, 5) is 21.7. The van der Waals surface area contributed by atoms with Gasteiger partial charge in [0, 0.05) is 37.8 Å². The Morgan fingerprint density at radius 2 is 2.11 bits per heavy atom. The predicted molar refractivity (Wildman–Crippen MR) is 73.1 cm³/mol. The Balaban J connectivity index is 2.15. The summed E-state index contributed by atoms with van der Waals surface area (Å²) in [5.41, 5.74) is 1.73. The number of hydrogen-bond acceptors (Lipinski definition) is 5. The van der Waals surface area contributed by atoms with Gasteiger partial charge in [-0.25, -0.2) is 4.98 Å². The fourth-order valence-corrected chi connectivity index (χ4v) is 2.52. The quantitative estimate of drug-likeness (QED) is 0.776. The Hall–Kier alpha value is -1.75. The van der Waals surface area contributed by atoms with Gasteiger partial charge in [-0.2, -0.15) is 0 Å². The number of thiazole rings is 1. The van der Waals surface area contributed by atoms with Crippen LogP contribution in [0.5, 0.6) is 0 Å². The highest BCUT2D eigenvalue weighted by Crippen LogP contribution is 2.22. The van der Waals surface area contributed by atoms with E-state index in [1.807, 2.05) is 17.5 Å². The molecule has 0 aromatic carbocycles. The minimum atomic E-state index is 0.0115. The average Bonchev–Trinajstić information content (AvgIpc) is 2.87. The molecule has 0 unspecified atom stereocenters. The molecule has 5 heteroatoms. The number of aromatic nitrogens is 2. The molecule has 0 atom stereocenters. The molecular formula is C13H15N3OS. The minimum Gasteiger partial charge on any atom is -0.344 e. The number of nitrogens with zero attached hydrogens (tertiary/aromatic N) is 3. The first-order valence-corrected chi connectivity index (χ1v) is 6.69. The molecule has 0 radical (unpaired) electrons.